The summed E-state index contributed by atoms with van der Waals surface area (Å²) in [6, 6.07) is 16.6. The predicted molar refractivity (Wildman–Crippen MR) is 140 cm³/mol. The minimum atomic E-state index is 0.690. The lowest BCUT2D eigenvalue weighted by atomic mass is 10.1. The Balaban J connectivity index is 1.59. The molecular formula is C27H30N4OS. The number of pyridine rings is 1. The summed E-state index contributed by atoms with van der Waals surface area (Å²) in [5.41, 5.74) is 8.13. The number of aryl methyl sites for hydroxylation is 3. The summed E-state index contributed by atoms with van der Waals surface area (Å²) in [4.78, 5) is 10.00. The Morgan fingerprint density at radius 2 is 1.97 bits per heavy atom. The van der Waals surface area contributed by atoms with Crippen LogP contribution in [-0.2, 0) is 13.0 Å². The molecule has 0 atom stereocenters. The highest BCUT2D eigenvalue weighted by atomic mass is 32.1. The van der Waals surface area contributed by atoms with Crippen molar-refractivity contribution in [2.75, 3.05) is 19.0 Å². The van der Waals surface area contributed by atoms with Crippen LogP contribution in [0.1, 0.15) is 27.9 Å². The molecule has 6 heteroatoms. The lowest BCUT2D eigenvalue weighted by Crippen LogP contribution is -2.36. The Hall–Kier alpha value is -3.38. The van der Waals surface area contributed by atoms with Crippen molar-refractivity contribution >= 4 is 33.9 Å². The van der Waals surface area contributed by atoms with Crippen molar-refractivity contribution < 1.29 is 4.74 Å². The average Bonchev–Trinajstić information content (AvgIpc) is 3.13. The first-order valence-electron chi connectivity index (χ1n) is 11.1. The number of hydrogen-bond donors (Lipinski definition) is 2. The van der Waals surface area contributed by atoms with Crippen LogP contribution >= 0.6 is 12.2 Å². The maximum absolute atomic E-state index is 5.89. The first kappa shape index (κ1) is 22.8. The Kier molecular flexibility index (Phi) is 6.94. The van der Waals surface area contributed by atoms with Crippen molar-refractivity contribution in [2.45, 2.75) is 33.7 Å². The minimum absolute atomic E-state index is 0.690. The second-order valence-corrected chi connectivity index (χ2v) is 8.81. The van der Waals surface area contributed by atoms with E-state index >= 15 is 0 Å². The number of anilines is 1. The van der Waals surface area contributed by atoms with Gasteiger partial charge >= 0.3 is 0 Å². The Labute approximate surface area is 200 Å². The normalized spacial score (nSPS) is 10.9. The van der Waals surface area contributed by atoms with Gasteiger partial charge in [-0.2, -0.15) is 0 Å². The second kappa shape index (κ2) is 10.0. The van der Waals surface area contributed by atoms with E-state index in [9.17, 15) is 0 Å². The molecule has 2 N–H and O–H groups in total. The van der Waals surface area contributed by atoms with E-state index in [1.807, 2.05) is 18.3 Å². The standard InChI is InChI=1S/C27H30N4OS/c1-18-7-8-19(2)26(14-18)30-27(33)31(17-21-6-5-12-28-16-21)13-11-23-20(3)29-25-10-9-22(32-4)15-24(23)25/h5-10,12,14-16,29H,11,13,17H2,1-4H3,(H,30,33). The lowest BCUT2D eigenvalue weighted by molar-refractivity contribution is 0.415. The molecule has 2 aromatic heterocycles. The van der Waals surface area contributed by atoms with E-state index in [-0.39, 0.29) is 0 Å². The van der Waals surface area contributed by atoms with Crippen molar-refractivity contribution in [1.29, 1.82) is 0 Å². The highest BCUT2D eigenvalue weighted by Gasteiger charge is 2.15. The number of H-pyrrole nitrogens is 1. The third kappa shape index (κ3) is 5.34. The summed E-state index contributed by atoms with van der Waals surface area (Å²) in [5.74, 6) is 0.863. The fraction of sp³-hybridized carbons (Fsp3) is 0.259. The number of rotatable bonds is 7. The van der Waals surface area contributed by atoms with E-state index < -0.39 is 0 Å². The van der Waals surface area contributed by atoms with E-state index in [4.69, 9.17) is 17.0 Å². The monoisotopic (exact) mass is 458 g/mol. The van der Waals surface area contributed by atoms with Crippen molar-refractivity contribution in [3.05, 3.63) is 88.9 Å². The van der Waals surface area contributed by atoms with Gasteiger partial charge in [0.05, 0.1) is 7.11 Å². The van der Waals surface area contributed by atoms with Gasteiger partial charge in [0, 0.05) is 47.8 Å². The van der Waals surface area contributed by atoms with Gasteiger partial charge in [-0.15, -0.1) is 0 Å². The molecule has 0 saturated carbocycles. The molecule has 4 rings (SSSR count). The number of methoxy groups -OCH3 is 1. The molecule has 0 saturated heterocycles. The van der Waals surface area contributed by atoms with Crippen molar-refractivity contribution in [1.82, 2.24) is 14.9 Å². The first-order valence-corrected chi connectivity index (χ1v) is 11.5. The average molecular weight is 459 g/mol. The van der Waals surface area contributed by atoms with Crippen molar-refractivity contribution in [3.8, 4) is 5.75 Å². The molecule has 0 amide bonds. The molecule has 0 aliphatic carbocycles. The van der Waals surface area contributed by atoms with Crippen LogP contribution in [0.4, 0.5) is 5.69 Å². The molecule has 0 unspecified atom stereocenters. The summed E-state index contributed by atoms with van der Waals surface area (Å²) in [5, 5.41) is 5.39. The largest absolute Gasteiger partial charge is 0.497 e. The number of benzene rings is 2. The van der Waals surface area contributed by atoms with Gasteiger partial charge < -0.3 is 19.9 Å². The predicted octanol–water partition coefficient (Wildman–Crippen LogP) is 5.94. The van der Waals surface area contributed by atoms with Crippen molar-refractivity contribution in [2.24, 2.45) is 0 Å². The van der Waals surface area contributed by atoms with Crippen LogP contribution in [0.25, 0.3) is 10.9 Å². The molecule has 2 heterocycles. The number of hydrogen-bond acceptors (Lipinski definition) is 3. The highest BCUT2D eigenvalue weighted by Crippen LogP contribution is 2.27. The van der Waals surface area contributed by atoms with E-state index in [1.165, 1.54) is 27.8 Å². The topological polar surface area (TPSA) is 53.2 Å². The fourth-order valence-corrected chi connectivity index (χ4v) is 4.35. The molecule has 170 valence electrons. The zero-order valence-corrected chi connectivity index (χ0v) is 20.4. The second-order valence-electron chi connectivity index (χ2n) is 8.42. The summed E-state index contributed by atoms with van der Waals surface area (Å²) < 4.78 is 5.45. The highest BCUT2D eigenvalue weighted by molar-refractivity contribution is 7.80. The Morgan fingerprint density at radius 1 is 1.12 bits per heavy atom. The maximum Gasteiger partial charge on any atom is 0.173 e. The molecule has 0 bridgehead atoms. The van der Waals surface area contributed by atoms with Gasteiger partial charge in [0.2, 0.25) is 0 Å². The SMILES string of the molecule is COc1ccc2[nH]c(C)c(CCN(Cc3cccnc3)C(=S)Nc3cc(C)ccc3C)c2c1. The van der Waals surface area contributed by atoms with Gasteiger partial charge in [0.25, 0.3) is 0 Å². The lowest BCUT2D eigenvalue weighted by Gasteiger charge is -2.27. The van der Waals surface area contributed by atoms with Crippen molar-refractivity contribution in [3.63, 3.8) is 0 Å². The van der Waals surface area contributed by atoms with Crippen LogP contribution in [-0.4, -0.2) is 33.6 Å². The molecule has 2 aromatic carbocycles. The first-order chi connectivity index (χ1) is 15.9. The van der Waals surface area contributed by atoms with Gasteiger partial charge in [0.1, 0.15) is 5.75 Å². The zero-order chi connectivity index (χ0) is 23.4. The van der Waals surface area contributed by atoms with Gasteiger partial charge in [-0.25, -0.2) is 0 Å². The molecular weight excluding hydrogens is 428 g/mol. The van der Waals surface area contributed by atoms with Crippen LogP contribution in [0.15, 0.2) is 60.9 Å². The number of ether oxygens (including phenoxy) is 1. The number of thiocarbonyl (C=S) groups is 1. The number of aromatic nitrogens is 2. The molecule has 33 heavy (non-hydrogen) atoms. The number of nitrogens with zero attached hydrogens (tertiary/aromatic N) is 2. The third-order valence-corrected chi connectivity index (χ3v) is 6.34. The van der Waals surface area contributed by atoms with E-state index in [1.54, 1.807) is 13.3 Å². The zero-order valence-electron chi connectivity index (χ0n) is 19.6. The molecule has 5 nitrogen and oxygen atoms in total. The van der Waals surface area contributed by atoms with Gasteiger partial charge in [-0.3, -0.25) is 4.98 Å². The van der Waals surface area contributed by atoms with Crippen LogP contribution in [0.3, 0.4) is 0 Å². The quantitative estimate of drug-likeness (QED) is 0.336. The van der Waals surface area contributed by atoms with Crippen LogP contribution < -0.4 is 10.1 Å². The summed E-state index contributed by atoms with van der Waals surface area (Å²) in [6.45, 7) is 7.78. The van der Waals surface area contributed by atoms with E-state index in [0.717, 1.165) is 35.5 Å². The Morgan fingerprint density at radius 3 is 2.73 bits per heavy atom. The van der Waals surface area contributed by atoms with Gasteiger partial charge in [-0.1, -0.05) is 18.2 Å². The minimum Gasteiger partial charge on any atom is -0.497 e. The van der Waals surface area contributed by atoms with E-state index in [0.29, 0.717) is 11.7 Å². The van der Waals surface area contributed by atoms with Gasteiger partial charge in [-0.05, 0) is 92.0 Å². The maximum atomic E-state index is 5.89. The smallest absolute Gasteiger partial charge is 0.173 e. The molecule has 0 aliphatic heterocycles. The summed E-state index contributed by atoms with van der Waals surface area (Å²) in [6.07, 6.45) is 4.55. The summed E-state index contributed by atoms with van der Waals surface area (Å²) in [7, 11) is 1.70. The number of nitrogens with one attached hydrogen (secondary N) is 2. The molecule has 0 fully saturated rings. The molecule has 0 aliphatic rings. The molecule has 0 radical (unpaired) electrons. The summed E-state index contributed by atoms with van der Waals surface area (Å²) >= 11 is 5.89. The van der Waals surface area contributed by atoms with Crippen LogP contribution in [0, 0.1) is 20.8 Å². The number of fused-ring (bicyclic) bond motifs is 1. The van der Waals surface area contributed by atoms with Crippen LogP contribution in [0.5, 0.6) is 5.75 Å². The van der Waals surface area contributed by atoms with Crippen LogP contribution in [0.2, 0.25) is 0 Å². The Bertz CT molecular complexity index is 1270. The number of aromatic amines is 1. The third-order valence-electron chi connectivity index (χ3n) is 5.98. The molecule has 0 spiro atoms. The van der Waals surface area contributed by atoms with Gasteiger partial charge in [0.15, 0.2) is 5.11 Å². The molecule has 4 aromatic rings. The van der Waals surface area contributed by atoms with E-state index in [2.05, 4.69) is 77.4 Å². The fourth-order valence-electron chi connectivity index (χ4n) is 4.09.